The second kappa shape index (κ2) is 12.2. The lowest BCUT2D eigenvalue weighted by atomic mass is 10.1. The average Bonchev–Trinajstić information content (AvgIpc) is 2.63. The Kier molecular flexibility index (Phi) is 10.2. The summed E-state index contributed by atoms with van der Waals surface area (Å²) in [5, 5.41) is 0. The van der Waals surface area contributed by atoms with Gasteiger partial charge in [0.25, 0.3) is 0 Å². The minimum absolute atomic E-state index is 0.0652. The number of hydrogen-bond acceptors (Lipinski definition) is 6. The fourth-order valence-electron chi connectivity index (χ4n) is 2.25. The van der Waals surface area contributed by atoms with E-state index in [2.05, 4.69) is 6.92 Å². The molecule has 0 fully saturated rings. The van der Waals surface area contributed by atoms with Gasteiger partial charge in [0.2, 0.25) is 0 Å². The molecule has 0 aliphatic rings. The Morgan fingerprint density at radius 1 is 0.808 bits per heavy atom. The van der Waals surface area contributed by atoms with Crippen LogP contribution in [0.4, 0.5) is 0 Å². The van der Waals surface area contributed by atoms with Crippen molar-refractivity contribution in [2.24, 2.45) is 0 Å². The molecule has 0 aliphatic carbocycles. The van der Waals surface area contributed by atoms with E-state index in [9.17, 15) is 9.59 Å². The predicted octanol–water partition coefficient (Wildman–Crippen LogP) is 4.40. The van der Waals surface area contributed by atoms with Gasteiger partial charge in [-0.2, -0.15) is 0 Å². The van der Waals surface area contributed by atoms with E-state index in [0.29, 0.717) is 19.0 Å². The first-order valence-electron chi connectivity index (χ1n) is 9.37. The Bertz CT molecular complexity index is 582. The van der Waals surface area contributed by atoms with Gasteiger partial charge in [-0.25, -0.2) is 9.59 Å². The van der Waals surface area contributed by atoms with Crippen molar-refractivity contribution in [2.45, 2.75) is 53.4 Å². The summed E-state index contributed by atoms with van der Waals surface area (Å²) in [5.74, 6) is -0.525. The van der Waals surface area contributed by atoms with Gasteiger partial charge in [-0.15, -0.1) is 0 Å². The van der Waals surface area contributed by atoms with Crippen LogP contribution in [-0.4, -0.2) is 38.4 Å². The molecule has 26 heavy (non-hydrogen) atoms. The molecule has 0 unspecified atom stereocenters. The van der Waals surface area contributed by atoms with Gasteiger partial charge in [0.05, 0.1) is 32.0 Å². The summed E-state index contributed by atoms with van der Waals surface area (Å²) in [6.45, 7) is 8.85. The second-order valence-electron chi connectivity index (χ2n) is 5.66. The Balaban J connectivity index is 3.36. The molecule has 0 spiro atoms. The molecule has 0 heterocycles. The smallest absolute Gasteiger partial charge is 0.342 e. The highest BCUT2D eigenvalue weighted by molar-refractivity contribution is 6.05. The molecule has 0 bridgehead atoms. The molecule has 0 saturated heterocycles. The summed E-state index contributed by atoms with van der Waals surface area (Å²) in [6.07, 6.45) is 3.62. The molecule has 0 radical (unpaired) electrons. The maximum absolute atomic E-state index is 12.5. The van der Waals surface area contributed by atoms with Crippen molar-refractivity contribution in [1.82, 2.24) is 0 Å². The summed E-state index contributed by atoms with van der Waals surface area (Å²) >= 11 is 0. The van der Waals surface area contributed by atoms with Crippen LogP contribution in [0.2, 0.25) is 0 Å². The Morgan fingerprint density at radius 3 is 1.96 bits per heavy atom. The second-order valence-corrected chi connectivity index (χ2v) is 5.66. The molecule has 6 nitrogen and oxygen atoms in total. The first-order valence-corrected chi connectivity index (χ1v) is 9.37. The minimum atomic E-state index is -0.622. The standard InChI is InChI=1S/C20H30O6/c1-5-9-13-25-16-12-11-15(19(21)23-7-3)17(20(22)24-8-4)18(16)26-14-10-6-2/h11-12H,5-10,13-14H2,1-4H3. The third-order valence-electron chi connectivity index (χ3n) is 3.60. The summed E-state index contributed by atoms with van der Waals surface area (Å²) in [7, 11) is 0. The highest BCUT2D eigenvalue weighted by Crippen LogP contribution is 2.35. The zero-order valence-electron chi connectivity index (χ0n) is 16.3. The average molecular weight is 366 g/mol. The van der Waals surface area contributed by atoms with Gasteiger partial charge in [0, 0.05) is 0 Å². The molecule has 1 rings (SSSR count). The van der Waals surface area contributed by atoms with Crippen molar-refractivity contribution in [2.75, 3.05) is 26.4 Å². The number of rotatable bonds is 12. The number of benzene rings is 1. The third-order valence-corrected chi connectivity index (χ3v) is 3.60. The van der Waals surface area contributed by atoms with E-state index in [4.69, 9.17) is 18.9 Å². The quantitative estimate of drug-likeness (QED) is 0.403. The molecule has 0 saturated carbocycles. The molecule has 1 aromatic rings. The molecular formula is C20H30O6. The highest BCUT2D eigenvalue weighted by Gasteiger charge is 2.27. The zero-order valence-corrected chi connectivity index (χ0v) is 16.3. The Morgan fingerprint density at radius 2 is 1.38 bits per heavy atom. The lowest BCUT2D eigenvalue weighted by Crippen LogP contribution is -2.17. The van der Waals surface area contributed by atoms with Crippen LogP contribution in [0.3, 0.4) is 0 Å². The topological polar surface area (TPSA) is 71.1 Å². The van der Waals surface area contributed by atoms with Crippen molar-refractivity contribution >= 4 is 11.9 Å². The number of unbranched alkanes of at least 4 members (excludes halogenated alkanes) is 2. The lowest BCUT2D eigenvalue weighted by molar-refractivity contribution is 0.0473. The van der Waals surface area contributed by atoms with E-state index in [1.807, 2.05) is 6.92 Å². The number of ether oxygens (including phenoxy) is 4. The van der Waals surface area contributed by atoms with Gasteiger partial charge >= 0.3 is 11.9 Å². The number of hydrogen-bond donors (Lipinski definition) is 0. The number of carbonyl (C=O) groups is 2. The van der Waals surface area contributed by atoms with Crippen molar-refractivity contribution in [3.8, 4) is 11.5 Å². The summed E-state index contributed by atoms with van der Waals surface area (Å²) in [5.41, 5.74) is 0.190. The zero-order chi connectivity index (χ0) is 19.4. The monoisotopic (exact) mass is 366 g/mol. The summed E-state index contributed by atoms with van der Waals surface area (Å²) in [4.78, 5) is 24.8. The van der Waals surface area contributed by atoms with Gasteiger partial charge < -0.3 is 18.9 Å². The fourth-order valence-corrected chi connectivity index (χ4v) is 2.25. The molecular weight excluding hydrogens is 336 g/mol. The molecule has 1 aromatic carbocycles. The Hall–Kier alpha value is -2.24. The molecule has 146 valence electrons. The van der Waals surface area contributed by atoms with Crippen LogP contribution in [0.15, 0.2) is 12.1 Å². The van der Waals surface area contributed by atoms with Crippen LogP contribution >= 0.6 is 0 Å². The van der Waals surface area contributed by atoms with Crippen LogP contribution in [-0.2, 0) is 9.47 Å². The molecule has 0 N–H and O–H groups in total. The van der Waals surface area contributed by atoms with Crippen molar-refractivity contribution in [1.29, 1.82) is 0 Å². The normalized spacial score (nSPS) is 10.3. The molecule has 0 atom stereocenters. The fraction of sp³-hybridized carbons (Fsp3) is 0.600. The SMILES string of the molecule is CCCCOc1ccc(C(=O)OCC)c(C(=O)OCC)c1OCCCC. The number of esters is 2. The molecule has 0 aromatic heterocycles. The van der Waals surface area contributed by atoms with Gasteiger partial charge in [-0.3, -0.25) is 0 Å². The Labute approximate surface area is 155 Å². The van der Waals surface area contributed by atoms with Gasteiger partial charge in [0.1, 0.15) is 5.56 Å². The van der Waals surface area contributed by atoms with Crippen LogP contribution in [0.5, 0.6) is 11.5 Å². The predicted molar refractivity (Wildman–Crippen MR) is 99.2 cm³/mol. The van der Waals surface area contributed by atoms with Gasteiger partial charge in [-0.05, 0) is 38.8 Å². The first kappa shape index (κ1) is 21.8. The maximum atomic E-state index is 12.5. The maximum Gasteiger partial charge on any atom is 0.342 e. The third kappa shape index (κ3) is 6.24. The van der Waals surface area contributed by atoms with E-state index in [0.717, 1.165) is 25.7 Å². The van der Waals surface area contributed by atoms with Crippen LogP contribution in [0.1, 0.15) is 74.1 Å². The van der Waals surface area contributed by atoms with E-state index in [-0.39, 0.29) is 30.1 Å². The lowest BCUT2D eigenvalue weighted by Gasteiger charge is -2.18. The minimum Gasteiger partial charge on any atom is -0.490 e. The van der Waals surface area contributed by atoms with E-state index >= 15 is 0 Å². The van der Waals surface area contributed by atoms with E-state index in [1.54, 1.807) is 19.9 Å². The largest absolute Gasteiger partial charge is 0.490 e. The first-order chi connectivity index (χ1) is 12.6. The number of carbonyl (C=O) groups excluding carboxylic acids is 2. The molecule has 0 aliphatic heterocycles. The van der Waals surface area contributed by atoms with E-state index < -0.39 is 11.9 Å². The van der Waals surface area contributed by atoms with Crippen LogP contribution < -0.4 is 9.47 Å². The van der Waals surface area contributed by atoms with Gasteiger partial charge in [0.15, 0.2) is 11.5 Å². The van der Waals surface area contributed by atoms with Crippen molar-refractivity contribution in [3.05, 3.63) is 23.3 Å². The summed E-state index contributed by atoms with van der Waals surface area (Å²) < 4.78 is 21.8. The van der Waals surface area contributed by atoms with Crippen LogP contribution in [0, 0.1) is 0 Å². The van der Waals surface area contributed by atoms with Crippen LogP contribution in [0.25, 0.3) is 0 Å². The highest BCUT2D eigenvalue weighted by atomic mass is 16.5. The summed E-state index contributed by atoms with van der Waals surface area (Å²) in [6, 6.07) is 3.17. The molecule has 0 amide bonds. The van der Waals surface area contributed by atoms with Crippen molar-refractivity contribution < 1.29 is 28.5 Å². The van der Waals surface area contributed by atoms with Gasteiger partial charge in [-0.1, -0.05) is 26.7 Å². The molecule has 6 heteroatoms. The van der Waals surface area contributed by atoms with Crippen molar-refractivity contribution in [3.63, 3.8) is 0 Å². The van der Waals surface area contributed by atoms with E-state index in [1.165, 1.54) is 6.07 Å².